The van der Waals surface area contributed by atoms with Gasteiger partial charge in [-0.05, 0) is 28.8 Å². The third-order valence-corrected chi connectivity index (χ3v) is 5.71. The van der Waals surface area contributed by atoms with E-state index in [1.807, 2.05) is 0 Å². The first-order valence-electron chi connectivity index (χ1n) is 7.96. The lowest BCUT2D eigenvalue weighted by Crippen LogP contribution is -2.24. The maximum Gasteiger partial charge on any atom is 0.0418 e. The summed E-state index contributed by atoms with van der Waals surface area (Å²) in [5.41, 5.74) is 1.43. The molecule has 0 aliphatic rings. The predicted octanol–water partition coefficient (Wildman–Crippen LogP) is 5.27. The maximum absolute atomic E-state index is 3.66. The van der Waals surface area contributed by atoms with Crippen molar-refractivity contribution in [3.8, 4) is 0 Å². The van der Waals surface area contributed by atoms with Crippen molar-refractivity contribution in [1.29, 1.82) is 0 Å². The Morgan fingerprint density at radius 2 is 1.71 bits per heavy atom. The molecule has 0 aromatic heterocycles. The zero-order valence-corrected chi connectivity index (χ0v) is 14.4. The van der Waals surface area contributed by atoms with Gasteiger partial charge < -0.3 is 5.32 Å². The van der Waals surface area contributed by atoms with Crippen LogP contribution in [-0.2, 0) is 0 Å². The highest BCUT2D eigenvalue weighted by atomic mass is 32.2. The van der Waals surface area contributed by atoms with Gasteiger partial charge in [-0.15, -0.1) is 0 Å². The molecular weight excluding hydrogens is 274 g/mol. The third-order valence-electron chi connectivity index (χ3n) is 4.11. The molecule has 0 heterocycles. The van der Waals surface area contributed by atoms with Crippen LogP contribution in [0.2, 0.25) is 0 Å². The topological polar surface area (TPSA) is 12.0 Å². The lowest BCUT2D eigenvalue weighted by Gasteiger charge is -2.23. The molecule has 114 valence electrons. The second-order valence-electron chi connectivity index (χ2n) is 5.96. The van der Waals surface area contributed by atoms with Crippen molar-refractivity contribution < 1.29 is 0 Å². The highest BCUT2D eigenvalue weighted by Crippen LogP contribution is 2.29. The average Bonchev–Trinajstić information content (AvgIpc) is 2.50. The zero-order chi connectivity index (χ0) is 15.2. The van der Waals surface area contributed by atoms with Crippen LogP contribution < -0.4 is 5.32 Å². The summed E-state index contributed by atoms with van der Waals surface area (Å²) in [6, 6.07) is 15.8. The van der Waals surface area contributed by atoms with Crippen molar-refractivity contribution in [3.63, 3.8) is 0 Å². The van der Waals surface area contributed by atoms with Gasteiger partial charge in [-0.25, -0.2) is 0 Å². The number of benzene rings is 2. The third kappa shape index (κ3) is 4.24. The molecule has 1 nitrogen and oxygen atoms in total. The minimum Gasteiger partial charge on any atom is -0.309 e. The van der Waals surface area contributed by atoms with Gasteiger partial charge in [0.25, 0.3) is 0 Å². The second kappa shape index (κ2) is 7.86. The van der Waals surface area contributed by atoms with Gasteiger partial charge in [0.1, 0.15) is 0 Å². The van der Waals surface area contributed by atoms with E-state index in [4.69, 9.17) is 0 Å². The van der Waals surface area contributed by atoms with E-state index < -0.39 is 0 Å². The SMILES string of the molecule is CCNC(CSC(C)C(C)C)c1cccc2ccccc12. The summed E-state index contributed by atoms with van der Waals surface area (Å²) in [5.74, 6) is 1.85. The number of fused-ring (bicyclic) bond motifs is 1. The number of hydrogen-bond acceptors (Lipinski definition) is 2. The number of nitrogens with one attached hydrogen (secondary N) is 1. The number of thioether (sulfide) groups is 1. The van der Waals surface area contributed by atoms with Crippen molar-refractivity contribution >= 4 is 22.5 Å². The fourth-order valence-electron chi connectivity index (χ4n) is 2.50. The van der Waals surface area contributed by atoms with Gasteiger partial charge in [-0.1, -0.05) is 70.2 Å². The molecule has 2 aromatic rings. The number of rotatable bonds is 7. The summed E-state index contributed by atoms with van der Waals surface area (Å²) in [4.78, 5) is 0. The summed E-state index contributed by atoms with van der Waals surface area (Å²) in [6.45, 7) is 10.1. The molecule has 2 aromatic carbocycles. The Balaban J connectivity index is 2.23. The molecular formula is C19H27NS. The summed E-state index contributed by atoms with van der Waals surface area (Å²) in [6.07, 6.45) is 0. The van der Waals surface area contributed by atoms with Crippen LogP contribution in [0, 0.1) is 5.92 Å². The molecule has 21 heavy (non-hydrogen) atoms. The molecule has 0 amide bonds. The lowest BCUT2D eigenvalue weighted by molar-refractivity contribution is 0.601. The molecule has 2 rings (SSSR count). The molecule has 0 saturated carbocycles. The lowest BCUT2D eigenvalue weighted by atomic mass is 9.99. The molecule has 2 atom stereocenters. The van der Waals surface area contributed by atoms with Gasteiger partial charge in [-0.2, -0.15) is 11.8 Å². The fourth-order valence-corrected chi connectivity index (χ4v) is 3.68. The highest BCUT2D eigenvalue weighted by Gasteiger charge is 2.16. The summed E-state index contributed by atoms with van der Waals surface area (Å²) >= 11 is 2.07. The van der Waals surface area contributed by atoms with Crippen LogP contribution in [0.3, 0.4) is 0 Å². The van der Waals surface area contributed by atoms with Gasteiger partial charge in [0.05, 0.1) is 0 Å². The molecule has 0 aliphatic heterocycles. The predicted molar refractivity (Wildman–Crippen MR) is 97.1 cm³/mol. The van der Waals surface area contributed by atoms with Crippen molar-refractivity contribution in [2.45, 2.75) is 39.0 Å². The summed E-state index contributed by atoms with van der Waals surface area (Å²) in [5, 5.41) is 7.07. The smallest absolute Gasteiger partial charge is 0.0418 e. The molecule has 2 unspecified atom stereocenters. The van der Waals surface area contributed by atoms with Crippen molar-refractivity contribution in [1.82, 2.24) is 5.32 Å². The van der Waals surface area contributed by atoms with Crippen LogP contribution in [-0.4, -0.2) is 17.5 Å². The monoisotopic (exact) mass is 301 g/mol. The van der Waals surface area contributed by atoms with Crippen LogP contribution in [0.15, 0.2) is 42.5 Å². The first kappa shape index (κ1) is 16.4. The zero-order valence-electron chi connectivity index (χ0n) is 13.6. The Labute approximate surface area is 133 Å². The molecule has 0 aliphatic carbocycles. The Morgan fingerprint density at radius 1 is 1.00 bits per heavy atom. The van der Waals surface area contributed by atoms with Gasteiger partial charge in [-0.3, -0.25) is 0 Å². The van der Waals surface area contributed by atoms with Crippen LogP contribution >= 0.6 is 11.8 Å². The number of hydrogen-bond donors (Lipinski definition) is 1. The Hall–Kier alpha value is -0.990. The van der Waals surface area contributed by atoms with E-state index in [0.717, 1.165) is 18.2 Å². The Bertz CT molecular complexity index is 559. The second-order valence-corrected chi connectivity index (χ2v) is 7.37. The van der Waals surface area contributed by atoms with E-state index >= 15 is 0 Å². The average molecular weight is 301 g/mol. The standard InChI is InChI=1S/C19H27NS/c1-5-20-19(13-21-15(4)14(2)3)18-12-8-10-16-9-6-7-11-17(16)18/h6-12,14-15,19-20H,5,13H2,1-4H3. The van der Waals surface area contributed by atoms with Crippen molar-refractivity contribution in [2.24, 2.45) is 5.92 Å². The van der Waals surface area contributed by atoms with Crippen LogP contribution in [0.1, 0.15) is 39.3 Å². The minimum absolute atomic E-state index is 0.423. The van der Waals surface area contributed by atoms with E-state index in [1.165, 1.54) is 16.3 Å². The Kier molecular flexibility index (Phi) is 6.13. The first-order chi connectivity index (χ1) is 10.1. The van der Waals surface area contributed by atoms with E-state index in [1.54, 1.807) is 0 Å². The highest BCUT2D eigenvalue weighted by molar-refractivity contribution is 7.99. The van der Waals surface area contributed by atoms with Gasteiger partial charge in [0.15, 0.2) is 0 Å². The molecule has 1 N–H and O–H groups in total. The van der Waals surface area contributed by atoms with Crippen LogP contribution in [0.5, 0.6) is 0 Å². The van der Waals surface area contributed by atoms with E-state index in [9.17, 15) is 0 Å². The van der Waals surface area contributed by atoms with E-state index in [2.05, 4.69) is 87.2 Å². The minimum atomic E-state index is 0.423. The molecule has 0 spiro atoms. The molecule has 0 bridgehead atoms. The maximum atomic E-state index is 3.66. The van der Waals surface area contributed by atoms with E-state index in [-0.39, 0.29) is 0 Å². The molecule has 2 heteroatoms. The largest absolute Gasteiger partial charge is 0.309 e. The van der Waals surface area contributed by atoms with Gasteiger partial charge in [0, 0.05) is 17.0 Å². The summed E-state index contributed by atoms with van der Waals surface area (Å²) in [7, 11) is 0. The molecule has 0 radical (unpaired) electrons. The first-order valence-corrected chi connectivity index (χ1v) is 9.01. The van der Waals surface area contributed by atoms with Gasteiger partial charge in [0.2, 0.25) is 0 Å². The van der Waals surface area contributed by atoms with Gasteiger partial charge >= 0.3 is 0 Å². The van der Waals surface area contributed by atoms with Crippen LogP contribution in [0.25, 0.3) is 10.8 Å². The normalized spacial score (nSPS) is 14.5. The Morgan fingerprint density at radius 3 is 2.43 bits per heavy atom. The van der Waals surface area contributed by atoms with Crippen LogP contribution in [0.4, 0.5) is 0 Å². The quantitative estimate of drug-likeness (QED) is 0.748. The van der Waals surface area contributed by atoms with Crippen molar-refractivity contribution in [3.05, 3.63) is 48.0 Å². The summed E-state index contributed by atoms with van der Waals surface area (Å²) < 4.78 is 0. The van der Waals surface area contributed by atoms with Crippen molar-refractivity contribution in [2.75, 3.05) is 12.3 Å². The van der Waals surface area contributed by atoms with E-state index in [0.29, 0.717) is 11.3 Å². The molecule has 0 saturated heterocycles. The fraction of sp³-hybridized carbons (Fsp3) is 0.474. The molecule has 0 fully saturated rings.